The molecule has 3 fully saturated rings. The number of piperazine rings is 1. The van der Waals surface area contributed by atoms with Crippen molar-refractivity contribution in [3.63, 3.8) is 0 Å². The maximum Gasteiger partial charge on any atom is 0.411 e. The number of nitrogens with zero attached hydrogens (tertiary/aromatic N) is 5. The van der Waals surface area contributed by atoms with Crippen LogP contribution in [0.2, 0.25) is 0 Å². The number of benzene rings is 2. The van der Waals surface area contributed by atoms with E-state index in [1.807, 2.05) is 34.1 Å². The van der Waals surface area contributed by atoms with Gasteiger partial charge in [0.1, 0.15) is 24.3 Å². The summed E-state index contributed by atoms with van der Waals surface area (Å²) in [6.45, 7) is 6.67. The van der Waals surface area contributed by atoms with Crippen LogP contribution in [0.15, 0.2) is 45.3 Å². The van der Waals surface area contributed by atoms with Crippen molar-refractivity contribution in [1.82, 2.24) is 24.5 Å². The van der Waals surface area contributed by atoms with Crippen LogP contribution in [0.5, 0.6) is 5.75 Å². The van der Waals surface area contributed by atoms with Crippen LogP contribution in [-0.4, -0.2) is 137 Å². The number of amides is 4. The molecule has 3 saturated heterocycles. The average molecular weight is 891 g/mol. The maximum atomic E-state index is 14.1. The standard InChI is InChI=1S/C39H50Br2N6O8/c1-2-54-35(50)8-7-34(49)44-14-10-29(11-15-44)43-18-20-45(21-19-43)39(13-22-48)25-30(46-16-9-28-5-3-4-6-33(28)42-37(46)52)12-17-47(39)38(53)55-26-27-23-31(40)36(51)32(41)24-27/h3-6,22-24,29-30,51H,2,7-21,25-26H2,1H3,(H,42,52)/t30-,39+/m1/s1. The second-order valence-corrected chi connectivity index (χ2v) is 16.3. The predicted molar refractivity (Wildman–Crippen MR) is 211 cm³/mol. The highest BCUT2D eigenvalue weighted by atomic mass is 79.9. The van der Waals surface area contributed by atoms with E-state index >= 15 is 0 Å². The lowest BCUT2D eigenvalue weighted by Crippen LogP contribution is -2.71. The van der Waals surface area contributed by atoms with Crippen LogP contribution >= 0.6 is 31.9 Å². The number of phenolic OH excluding ortho intramolecular Hbond substituents is 1. The lowest BCUT2D eigenvalue weighted by Gasteiger charge is -2.57. The minimum absolute atomic E-state index is 0.0291. The van der Waals surface area contributed by atoms with Gasteiger partial charge in [-0.2, -0.15) is 0 Å². The first kappa shape index (κ1) is 40.9. The Morgan fingerprint density at radius 1 is 0.927 bits per heavy atom. The highest BCUT2D eigenvalue weighted by molar-refractivity contribution is 9.11. The molecule has 2 aromatic carbocycles. The van der Waals surface area contributed by atoms with Gasteiger partial charge in [-0.15, -0.1) is 0 Å². The first-order valence-electron chi connectivity index (χ1n) is 19.2. The lowest BCUT2D eigenvalue weighted by atomic mass is 9.85. The molecular formula is C39H50Br2N6O8. The zero-order valence-corrected chi connectivity index (χ0v) is 34.4. The van der Waals surface area contributed by atoms with E-state index in [1.54, 1.807) is 24.0 Å². The molecule has 0 saturated carbocycles. The number of aromatic hydroxyl groups is 1. The number of piperidine rings is 2. The Morgan fingerprint density at radius 3 is 2.31 bits per heavy atom. The fourth-order valence-corrected chi connectivity index (χ4v) is 9.89. The molecular weight excluding hydrogens is 840 g/mol. The summed E-state index contributed by atoms with van der Waals surface area (Å²) in [6, 6.07) is 11.0. The highest BCUT2D eigenvalue weighted by Gasteiger charge is 2.52. The number of phenols is 1. The van der Waals surface area contributed by atoms with Crippen molar-refractivity contribution in [3.05, 3.63) is 56.5 Å². The number of rotatable bonds is 11. The molecule has 2 atom stereocenters. The van der Waals surface area contributed by atoms with Gasteiger partial charge in [0.05, 0.1) is 22.0 Å². The number of ether oxygens (including phenoxy) is 2. The number of aldehydes is 1. The van der Waals surface area contributed by atoms with E-state index in [2.05, 4.69) is 47.0 Å². The number of hydrogen-bond acceptors (Lipinski definition) is 10. The molecule has 6 rings (SSSR count). The third kappa shape index (κ3) is 9.46. The number of carbonyl (C=O) groups is 5. The number of hydrogen-bond donors (Lipinski definition) is 2. The van der Waals surface area contributed by atoms with Crippen LogP contribution in [0.1, 0.15) is 63.0 Å². The number of likely N-dealkylation sites (tertiary alicyclic amines) is 2. The average Bonchev–Trinajstić information content (AvgIpc) is 3.36. The number of halogens is 2. The molecule has 298 valence electrons. The molecule has 4 aliphatic rings. The highest BCUT2D eigenvalue weighted by Crippen LogP contribution is 2.39. The van der Waals surface area contributed by atoms with Crippen LogP contribution in [-0.2, 0) is 36.9 Å². The predicted octanol–water partition coefficient (Wildman–Crippen LogP) is 5.35. The maximum absolute atomic E-state index is 14.1. The monoisotopic (exact) mass is 888 g/mol. The van der Waals surface area contributed by atoms with E-state index in [4.69, 9.17) is 9.47 Å². The van der Waals surface area contributed by atoms with E-state index in [-0.39, 0.29) is 61.6 Å². The van der Waals surface area contributed by atoms with Gasteiger partial charge in [0.2, 0.25) is 5.91 Å². The molecule has 0 bridgehead atoms. The van der Waals surface area contributed by atoms with Gasteiger partial charge in [0.25, 0.3) is 0 Å². The van der Waals surface area contributed by atoms with Crippen molar-refractivity contribution < 1.29 is 38.6 Å². The van der Waals surface area contributed by atoms with Crippen molar-refractivity contribution in [2.75, 3.05) is 64.3 Å². The summed E-state index contributed by atoms with van der Waals surface area (Å²) in [4.78, 5) is 75.1. The van der Waals surface area contributed by atoms with Gasteiger partial charge in [-0.1, -0.05) is 18.2 Å². The van der Waals surface area contributed by atoms with Crippen molar-refractivity contribution >= 4 is 67.8 Å². The smallest absolute Gasteiger partial charge is 0.411 e. The Kier molecular flexibility index (Phi) is 13.7. The number of urea groups is 1. The van der Waals surface area contributed by atoms with Gasteiger partial charge in [-0.3, -0.25) is 24.3 Å². The SMILES string of the molecule is CCOC(=O)CCC(=O)N1CCC(N2CCN([C@]3(CC=O)C[C@H](N4CCc5ccccc5NC4=O)CCN3C(=O)OCc3cc(Br)c(O)c(Br)c3)CC2)CC1. The molecule has 4 heterocycles. The topological polar surface area (TPSA) is 152 Å². The third-order valence-corrected chi connectivity index (χ3v) is 12.7. The molecule has 0 spiro atoms. The van der Waals surface area contributed by atoms with Gasteiger partial charge >= 0.3 is 18.1 Å². The van der Waals surface area contributed by atoms with Gasteiger partial charge in [0.15, 0.2) is 0 Å². The fourth-order valence-electron chi connectivity index (χ4n) is 8.61. The second kappa shape index (κ2) is 18.5. The van der Waals surface area contributed by atoms with E-state index in [0.717, 1.165) is 30.4 Å². The molecule has 4 amide bonds. The lowest BCUT2D eigenvalue weighted by molar-refractivity contribution is -0.146. The van der Waals surface area contributed by atoms with Crippen LogP contribution in [0.4, 0.5) is 15.3 Å². The number of carbonyl (C=O) groups excluding carboxylic acids is 5. The van der Waals surface area contributed by atoms with E-state index in [1.165, 1.54) is 0 Å². The van der Waals surface area contributed by atoms with Crippen molar-refractivity contribution in [2.45, 2.75) is 82.6 Å². The zero-order chi connectivity index (χ0) is 39.1. The Balaban J connectivity index is 1.16. The van der Waals surface area contributed by atoms with Gasteiger partial charge in [0, 0.05) is 89.4 Å². The van der Waals surface area contributed by atoms with Crippen LogP contribution in [0, 0.1) is 0 Å². The van der Waals surface area contributed by atoms with E-state index < -0.39 is 11.8 Å². The Labute approximate surface area is 338 Å². The summed E-state index contributed by atoms with van der Waals surface area (Å²) in [5, 5.41) is 13.3. The minimum atomic E-state index is -1.03. The van der Waals surface area contributed by atoms with Gasteiger partial charge < -0.3 is 34.5 Å². The fraction of sp³-hybridized carbons (Fsp3) is 0.564. The largest absolute Gasteiger partial charge is 0.506 e. The van der Waals surface area contributed by atoms with Gasteiger partial charge in [-0.25, -0.2) is 9.59 Å². The Hall–Kier alpha value is -3.73. The van der Waals surface area contributed by atoms with E-state index in [0.29, 0.717) is 92.7 Å². The number of para-hydroxylation sites is 1. The van der Waals surface area contributed by atoms with Crippen LogP contribution in [0.3, 0.4) is 0 Å². The molecule has 2 N–H and O–H groups in total. The quantitative estimate of drug-likeness (QED) is 0.223. The first-order valence-corrected chi connectivity index (χ1v) is 20.7. The Morgan fingerprint density at radius 2 is 1.62 bits per heavy atom. The molecule has 55 heavy (non-hydrogen) atoms. The zero-order valence-electron chi connectivity index (χ0n) is 31.2. The molecule has 16 heteroatoms. The number of anilines is 1. The van der Waals surface area contributed by atoms with Crippen LogP contribution < -0.4 is 5.32 Å². The summed E-state index contributed by atoms with van der Waals surface area (Å²) in [6.07, 6.45) is 3.84. The number of fused-ring (bicyclic) bond motifs is 1. The molecule has 0 aliphatic carbocycles. The van der Waals surface area contributed by atoms with Crippen molar-refractivity contribution in [1.29, 1.82) is 0 Å². The summed E-state index contributed by atoms with van der Waals surface area (Å²) in [5.41, 5.74) is 1.50. The van der Waals surface area contributed by atoms with E-state index in [9.17, 15) is 29.1 Å². The summed E-state index contributed by atoms with van der Waals surface area (Å²) in [7, 11) is 0. The Bertz CT molecular complexity index is 1710. The molecule has 4 aliphatic heterocycles. The molecule has 2 aromatic rings. The van der Waals surface area contributed by atoms with Crippen LogP contribution in [0.25, 0.3) is 0 Å². The first-order chi connectivity index (χ1) is 26.5. The minimum Gasteiger partial charge on any atom is -0.506 e. The van der Waals surface area contributed by atoms with Gasteiger partial charge in [-0.05, 0) is 93.8 Å². The summed E-state index contributed by atoms with van der Waals surface area (Å²) in [5.74, 6) is -0.336. The summed E-state index contributed by atoms with van der Waals surface area (Å²) >= 11 is 6.69. The number of esters is 1. The second-order valence-electron chi connectivity index (χ2n) is 14.6. The normalized spacial score (nSPS) is 22.7. The molecule has 14 nitrogen and oxygen atoms in total. The number of nitrogens with one attached hydrogen (secondary N) is 1. The molecule has 0 unspecified atom stereocenters. The molecule has 0 radical (unpaired) electrons. The van der Waals surface area contributed by atoms with Crippen molar-refractivity contribution in [2.24, 2.45) is 0 Å². The molecule has 0 aromatic heterocycles. The summed E-state index contributed by atoms with van der Waals surface area (Å²) < 4.78 is 11.8. The van der Waals surface area contributed by atoms with Crippen molar-refractivity contribution in [3.8, 4) is 5.75 Å². The third-order valence-electron chi connectivity index (χ3n) is 11.5.